The van der Waals surface area contributed by atoms with Crippen LogP contribution >= 0.6 is 23.2 Å². The Hall–Kier alpha value is -1.48. The minimum Gasteiger partial charge on any atom is -0.467 e. The summed E-state index contributed by atoms with van der Waals surface area (Å²) in [7, 11) is -1.18. The maximum Gasteiger partial charge on any atom is 0.410 e. The Morgan fingerprint density at radius 1 is 1.17 bits per heavy atom. The van der Waals surface area contributed by atoms with E-state index in [1.807, 2.05) is 25.7 Å². The van der Waals surface area contributed by atoms with Gasteiger partial charge < -0.3 is 24.0 Å². The first-order valence-electron chi connectivity index (χ1n) is 12.2. The summed E-state index contributed by atoms with van der Waals surface area (Å²) in [6, 6.07) is 4.50. The average Bonchev–Trinajstić information content (AvgIpc) is 3.35. The predicted octanol–water partition coefficient (Wildman–Crippen LogP) is 6.01. The van der Waals surface area contributed by atoms with E-state index in [4.69, 9.17) is 37.4 Å². The van der Waals surface area contributed by atoms with E-state index in [1.54, 1.807) is 17.0 Å². The largest absolute Gasteiger partial charge is 0.467 e. The fraction of sp³-hybridized carbons (Fsp3) is 0.680. The van der Waals surface area contributed by atoms with Crippen LogP contribution in [0.4, 0.5) is 4.79 Å². The van der Waals surface area contributed by atoms with Gasteiger partial charge >= 0.3 is 6.09 Å². The lowest BCUT2D eigenvalue weighted by molar-refractivity contribution is -0.129. The summed E-state index contributed by atoms with van der Waals surface area (Å²) < 4.78 is 17.1. The SMILES string of the molecule is CC(C)(C)OC(=O)N1CCC(N2CC(c3c(OCOCC[Si](C)(C)C)ccc(Cl)c3Cl)CC2=O)C1. The molecule has 0 spiro atoms. The van der Waals surface area contributed by atoms with Crippen LogP contribution in [0.1, 0.15) is 45.1 Å². The summed E-state index contributed by atoms with van der Waals surface area (Å²) in [6.45, 7) is 14.7. The Labute approximate surface area is 220 Å². The first-order valence-corrected chi connectivity index (χ1v) is 16.7. The number of benzene rings is 1. The molecule has 2 aliphatic rings. The molecule has 196 valence electrons. The second-order valence-electron chi connectivity index (χ2n) is 11.6. The number of rotatable bonds is 8. The van der Waals surface area contributed by atoms with Crippen LogP contribution in [0.25, 0.3) is 0 Å². The molecule has 2 heterocycles. The molecule has 0 saturated carbocycles. The van der Waals surface area contributed by atoms with Crippen molar-refractivity contribution in [2.45, 2.75) is 76.9 Å². The number of carbonyl (C=O) groups excluding carboxylic acids is 2. The zero-order chi connectivity index (χ0) is 26.0. The summed E-state index contributed by atoms with van der Waals surface area (Å²) in [4.78, 5) is 29.0. The molecular weight excluding hydrogens is 507 g/mol. The summed E-state index contributed by atoms with van der Waals surface area (Å²) in [5, 5.41) is 0.837. The molecule has 2 amide bonds. The van der Waals surface area contributed by atoms with Crippen LogP contribution in [0, 0.1) is 0 Å². The maximum absolute atomic E-state index is 13.0. The lowest BCUT2D eigenvalue weighted by Gasteiger charge is -2.27. The highest BCUT2D eigenvalue weighted by molar-refractivity contribution is 6.76. The van der Waals surface area contributed by atoms with Crippen molar-refractivity contribution in [2.75, 3.05) is 33.0 Å². The van der Waals surface area contributed by atoms with Crippen molar-refractivity contribution in [3.63, 3.8) is 0 Å². The minimum atomic E-state index is -1.18. The number of likely N-dealkylation sites (tertiary alicyclic amines) is 2. The molecule has 0 bridgehead atoms. The van der Waals surface area contributed by atoms with E-state index in [-0.39, 0.29) is 30.8 Å². The summed E-state index contributed by atoms with van der Waals surface area (Å²) in [5.41, 5.74) is 0.188. The molecule has 0 N–H and O–H groups in total. The van der Waals surface area contributed by atoms with Crippen LogP contribution in [0.15, 0.2) is 12.1 Å². The molecule has 2 saturated heterocycles. The van der Waals surface area contributed by atoms with Crippen LogP contribution in [-0.4, -0.2) is 74.6 Å². The third kappa shape index (κ3) is 7.75. The molecule has 2 unspecified atom stereocenters. The van der Waals surface area contributed by atoms with Crippen molar-refractivity contribution < 1.29 is 23.8 Å². The van der Waals surface area contributed by atoms with Gasteiger partial charge in [0.1, 0.15) is 11.4 Å². The van der Waals surface area contributed by atoms with Crippen molar-refractivity contribution in [1.29, 1.82) is 0 Å². The zero-order valence-electron chi connectivity index (χ0n) is 21.7. The van der Waals surface area contributed by atoms with Crippen LogP contribution in [0.2, 0.25) is 35.7 Å². The number of halogens is 2. The summed E-state index contributed by atoms with van der Waals surface area (Å²) in [6.07, 6.45) is 0.691. The van der Waals surface area contributed by atoms with Gasteiger partial charge in [-0.3, -0.25) is 4.79 Å². The van der Waals surface area contributed by atoms with Gasteiger partial charge in [-0.15, -0.1) is 0 Å². The third-order valence-corrected chi connectivity index (χ3v) is 8.73. The van der Waals surface area contributed by atoms with Crippen molar-refractivity contribution in [3.05, 3.63) is 27.7 Å². The Morgan fingerprint density at radius 2 is 1.89 bits per heavy atom. The zero-order valence-corrected chi connectivity index (χ0v) is 24.2. The number of carbonyl (C=O) groups is 2. The Kier molecular flexibility index (Phi) is 9.05. The van der Waals surface area contributed by atoms with Crippen LogP contribution < -0.4 is 4.74 Å². The van der Waals surface area contributed by atoms with E-state index in [9.17, 15) is 9.59 Å². The second kappa shape index (κ2) is 11.3. The Morgan fingerprint density at radius 3 is 2.54 bits per heavy atom. The summed E-state index contributed by atoms with van der Waals surface area (Å²) >= 11 is 12.9. The van der Waals surface area contributed by atoms with E-state index >= 15 is 0 Å². The second-order valence-corrected chi connectivity index (χ2v) is 18.0. The molecule has 2 fully saturated rings. The number of nitrogens with zero attached hydrogens (tertiary/aromatic N) is 2. The lowest BCUT2D eigenvalue weighted by Crippen LogP contribution is -2.41. The summed E-state index contributed by atoms with van der Waals surface area (Å²) in [5.74, 6) is 0.481. The standard InChI is InChI=1S/C25H38Cl2N2O5Si/c1-25(2,3)34-24(31)28-10-9-18(15-28)29-14-17(13-21(29)30)22-20(8-7-19(26)23(22)27)33-16-32-11-12-35(4,5)6/h7-8,17-18H,9-16H2,1-6H3. The van der Waals surface area contributed by atoms with Gasteiger partial charge in [0.15, 0.2) is 6.79 Å². The molecule has 3 rings (SSSR count). The smallest absolute Gasteiger partial charge is 0.410 e. The molecular formula is C25H38Cl2N2O5Si. The highest BCUT2D eigenvalue weighted by Gasteiger charge is 2.41. The van der Waals surface area contributed by atoms with E-state index < -0.39 is 13.7 Å². The van der Waals surface area contributed by atoms with Gasteiger partial charge in [-0.05, 0) is 45.4 Å². The molecule has 35 heavy (non-hydrogen) atoms. The predicted molar refractivity (Wildman–Crippen MR) is 141 cm³/mol. The fourth-order valence-corrected chi connectivity index (χ4v) is 5.60. The highest BCUT2D eigenvalue weighted by atomic mass is 35.5. The van der Waals surface area contributed by atoms with E-state index in [0.717, 1.165) is 18.0 Å². The molecule has 2 aliphatic heterocycles. The van der Waals surface area contributed by atoms with E-state index in [0.29, 0.717) is 48.5 Å². The van der Waals surface area contributed by atoms with Crippen molar-refractivity contribution >= 4 is 43.3 Å². The third-order valence-electron chi connectivity index (χ3n) is 6.21. The monoisotopic (exact) mass is 544 g/mol. The number of hydrogen-bond acceptors (Lipinski definition) is 5. The van der Waals surface area contributed by atoms with E-state index in [2.05, 4.69) is 19.6 Å². The molecule has 1 aromatic rings. The maximum atomic E-state index is 13.0. The quantitative estimate of drug-likeness (QED) is 0.227. The number of amides is 2. The first-order chi connectivity index (χ1) is 16.2. The van der Waals surface area contributed by atoms with Gasteiger partial charge in [0, 0.05) is 52.2 Å². The molecule has 0 aromatic heterocycles. The molecule has 0 radical (unpaired) electrons. The molecule has 1 aromatic carbocycles. The van der Waals surface area contributed by atoms with Crippen molar-refractivity contribution in [2.24, 2.45) is 0 Å². The lowest BCUT2D eigenvalue weighted by atomic mass is 9.97. The van der Waals surface area contributed by atoms with Gasteiger partial charge in [-0.1, -0.05) is 42.8 Å². The molecule has 10 heteroatoms. The Bertz CT molecular complexity index is 932. The number of hydrogen-bond donors (Lipinski definition) is 0. The Balaban J connectivity index is 1.65. The van der Waals surface area contributed by atoms with Gasteiger partial charge in [-0.2, -0.15) is 0 Å². The molecule has 0 aliphatic carbocycles. The van der Waals surface area contributed by atoms with Gasteiger partial charge in [0.05, 0.1) is 16.1 Å². The highest BCUT2D eigenvalue weighted by Crippen LogP contribution is 2.43. The van der Waals surface area contributed by atoms with Crippen molar-refractivity contribution in [1.82, 2.24) is 9.80 Å². The topological polar surface area (TPSA) is 68.3 Å². The van der Waals surface area contributed by atoms with Crippen LogP contribution in [0.3, 0.4) is 0 Å². The minimum absolute atomic E-state index is 0.0411. The molecule has 2 atom stereocenters. The number of ether oxygens (including phenoxy) is 3. The average molecular weight is 546 g/mol. The van der Waals surface area contributed by atoms with E-state index in [1.165, 1.54) is 0 Å². The first kappa shape index (κ1) is 28.1. The fourth-order valence-electron chi connectivity index (χ4n) is 4.36. The van der Waals surface area contributed by atoms with Crippen LogP contribution in [0.5, 0.6) is 5.75 Å². The van der Waals surface area contributed by atoms with Gasteiger partial charge in [0.25, 0.3) is 0 Å². The van der Waals surface area contributed by atoms with Crippen molar-refractivity contribution in [3.8, 4) is 5.75 Å². The molecule has 7 nitrogen and oxygen atoms in total. The van der Waals surface area contributed by atoms with Crippen LogP contribution in [-0.2, 0) is 14.3 Å². The van der Waals surface area contributed by atoms with Gasteiger partial charge in [0.2, 0.25) is 5.91 Å². The normalized spacial score (nSPS) is 21.1. The van der Waals surface area contributed by atoms with Gasteiger partial charge in [-0.25, -0.2) is 4.79 Å².